The first-order valence-electron chi connectivity index (χ1n) is 14.2. The van der Waals surface area contributed by atoms with Crippen LogP contribution < -0.4 is 0 Å². The number of rotatable bonds is 9. The quantitative estimate of drug-likeness (QED) is 0.230. The Morgan fingerprint density at radius 2 is 1.11 bits per heavy atom. The van der Waals surface area contributed by atoms with Crippen LogP contribution in [0.25, 0.3) is 16.7 Å². The van der Waals surface area contributed by atoms with E-state index in [1.54, 1.807) is 0 Å². The van der Waals surface area contributed by atoms with Gasteiger partial charge in [-0.05, 0) is 73.9 Å². The highest BCUT2D eigenvalue weighted by molar-refractivity contribution is 5.77. The van der Waals surface area contributed by atoms with E-state index in [1.807, 2.05) is 39.0 Å². The normalized spacial score (nSPS) is 9.34. The molecule has 0 aromatic heterocycles. The lowest BCUT2D eigenvalue weighted by atomic mass is 9.95. The maximum Gasteiger partial charge on any atom is -0.0187 e. The number of unbranched alkanes of at least 4 members (excludes halogenated alkanes) is 2. The maximum atomic E-state index is 4.19. The molecular formula is C38H58. The lowest BCUT2D eigenvalue weighted by molar-refractivity contribution is 0.802. The first-order valence-corrected chi connectivity index (χ1v) is 14.2. The molecule has 0 heterocycles. The summed E-state index contributed by atoms with van der Waals surface area (Å²) in [6.07, 6.45) is 10.4. The summed E-state index contributed by atoms with van der Waals surface area (Å²) in [5.41, 5.74) is 9.58. The second kappa shape index (κ2) is 26.9. The molecule has 0 heteroatoms. The van der Waals surface area contributed by atoms with Gasteiger partial charge in [0.05, 0.1) is 0 Å². The zero-order valence-electron chi connectivity index (χ0n) is 26.4. The predicted octanol–water partition coefficient (Wildman–Crippen LogP) is 13.2. The molecule has 0 aliphatic heterocycles. The fourth-order valence-electron chi connectivity index (χ4n) is 2.79. The number of hydrogen-bond donors (Lipinski definition) is 0. The van der Waals surface area contributed by atoms with Crippen LogP contribution in [-0.4, -0.2) is 0 Å². The van der Waals surface area contributed by atoms with Gasteiger partial charge in [0.2, 0.25) is 0 Å². The summed E-state index contributed by atoms with van der Waals surface area (Å²) in [5.74, 6) is 0. The number of hydrogen-bond acceptors (Lipinski definition) is 0. The lowest BCUT2D eigenvalue weighted by Crippen LogP contribution is -1.89. The summed E-state index contributed by atoms with van der Waals surface area (Å²) in [4.78, 5) is 0. The third kappa shape index (κ3) is 20.0. The molecule has 0 unspecified atom stereocenters. The van der Waals surface area contributed by atoms with Gasteiger partial charge in [-0.3, -0.25) is 0 Å². The third-order valence-corrected chi connectivity index (χ3v) is 5.38. The molecule has 2 aromatic rings. The summed E-state index contributed by atoms with van der Waals surface area (Å²) < 4.78 is 0. The van der Waals surface area contributed by atoms with Crippen molar-refractivity contribution in [3.63, 3.8) is 0 Å². The zero-order chi connectivity index (χ0) is 29.9. The van der Waals surface area contributed by atoms with Gasteiger partial charge in [0.15, 0.2) is 0 Å². The Kier molecular flexibility index (Phi) is 27.9. The topological polar surface area (TPSA) is 0 Å². The largest absolute Gasteiger partial charge is 0.106 e. The van der Waals surface area contributed by atoms with Gasteiger partial charge < -0.3 is 0 Å². The van der Waals surface area contributed by atoms with Crippen molar-refractivity contribution >= 4 is 16.7 Å². The fourth-order valence-corrected chi connectivity index (χ4v) is 2.79. The fraction of sp³-hybridized carbons (Fsp3) is 0.368. The molecule has 0 aliphatic rings. The molecule has 2 aromatic carbocycles. The average Bonchev–Trinajstić information content (AvgIpc) is 2.97. The summed E-state index contributed by atoms with van der Waals surface area (Å²) in [7, 11) is 0. The molecule has 2 rings (SSSR count). The molecule has 0 fully saturated rings. The number of benzene rings is 2. The van der Waals surface area contributed by atoms with E-state index >= 15 is 0 Å². The van der Waals surface area contributed by atoms with Crippen LogP contribution in [0.3, 0.4) is 0 Å². The minimum Gasteiger partial charge on any atom is -0.106 e. The third-order valence-electron chi connectivity index (χ3n) is 5.38. The Morgan fingerprint density at radius 3 is 1.47 bits per heavy atom. The monoisotopic (exact) mass is 514 g/mol. The summed E-state index contributed by atoms with van der Waals surface area (Å²) in [6.45, 7) is 37.1. The molecule has 0 amide bonds. The second-order valence-electron chi connectivity index (χ2n) is 9.00. The Morgan fingerprint density at radius 1 is 0.632 bits per heavy atom. The van der Waals surface area contributed by atoms with E-state index in [0.717, 1.165) is 23.1 Å². The predicted molar refractivity (Wildman–Crippen MR) is 182 cm³/mol. The van der Waals surface area contributed by atoms with Crippen LogP contribution in [0.4, 0.5) is 0 Å². The van der Waals surface area contributed by atoms with Crippen LogP contribution in [0.15, 0.2) is 111 Å². The molecule has 0 nitrogen and oxygen atoms in total. The first kappa shape index (κ1) is 39.4. The Labute approximate surface area is 238 Å². The van der Waals surface area contributed by atoms with Gasteiger partial charge in [0, 0.05) is 0 Å². The molecule has 0 saturated heterocycles. The van der Waals surface area contributed by atoms with E-state index < -0.39 is 0 Å². The summed E-state index contributed by atoms with van der Waals surface area (Å²) in [6, 6.07) is 18.8. The molecule has 210 valence electrons. The first-order chi connectivity index (χ1) is 18.2. The molecule has 0 saturated carbocycles. The SMILES string of the molecule is C=C.C=C(C)c1ccccc1.C=C(CCCC)C(=C)c1ccc(/C(C)=C/C=C(C)C)cc1.CC.CCCC. The van der Waals surface area contributed by atoms with E-state index in [4.69, 9.17) is 0 Å². The van der Waals surface area contributed by atoms with Crippen molar-refractivity contribution in [3.05, 3.63) is 127 Å². The highest BCUT2D eigenvalue weighted by Crippen LogP contribution is 2.25. The molecule has 0 radical (unpaired) electrons. The van der Waals surface area contributed by atoms with Gasteiger partial charge in [-0.15, -0.1) is 13.2 Å². The van der Waals surface area contributed by atoms with E-state index in [2.05, 4.69) is 123 Å². The molecule has 0 atom stereocenters. The molecule has 0 spiro atoms. The molecule has 0 aliphatic carbocycles. The van der Waals surface area contributed by atoms with Crippen molar-refractivity contribution in [2.75, 3.05) is 0 Å². The minimum absolute atomic E-state index is 1.04. The van der Waals surface area contributed by atoms with E-state index in [1.165, 1.54) is 53.5 Å². The van der Waals surface area contributed by atoms with Gasteiger partial charge in [-0.1, -0.05) is 152 Å². The van der Waals surface area contributed by atoms with Crippen molar-refractivity contribution in [2.24, 2.45) is 0 Å². The van der Waals surface area contributed by atoms with Crippen LogP contribution >= 0.6 is 0 Å². The van der Waals surface area contributed by atoms with Gasteiger partial charge in [0.1, 0.15) is 0 Å². The van der Waals surface area contributed by atoms with Crippen molar-refractivity contribution in [3.8, 4) is 0 Å². The Bertz CT molecular complexity index is 927. The van der Waals surface area contributed by atoms with Gasteiger partial charge >= 0.3 is 0 Å². The van der Waals surface area contributed by atoms with Crippen molar-refractivity contribution in [2.45, 2.75) is 94.4 Å². The standard InChI is InChI=1S/C21H28.C9H10.C4H10.C2H6.C2H4/c1-7-8-9-17(4)19(6)21-14-12-20(13-15-21)18(5)11-10-16(2)3;1-8(2)9-6-4-3-5-7-9;1-3-4-2;2*1-2/h10-15H,4,6-9H2,1-3,5H3;3-7H,1H2,2H3;3-4H2,1-2H3;1-2H3;1-2H2/b18-11+;;;;. The molecule has 38 heavy (non-hydrogen) atoms. The average molecular weight is 515 g/mol. The summed E-state index contributed by atoms with van der Waals surface area (Å²) >= 11 is 0. The van der Waals surface area contributed by atoms with Crippen LogP contribution in [0, 0.1) is 0 Å². The molecular weight excluding hydrogens is 456 g/mol. The second-order valence-corrected chi connectivity index (χ2v) is 9.00. The number of allylic oxidation sites excluding steroid dienone is 7. The van der Waals surface area contributed by atoms with E-state index in [-0.39, 0.29) is 0 Å². The Hall–Kier alpha value is -3.12. The highest BCUT2D eigenvalue weighted by atomic mass is 14.1. The van der Waals surface area contributed by atoms with Gasteiger partial charge in [-0.2, -0.15) is 0 Å². The van der Waals surface area contributed by atoms with Gasteiger partial charge in [-0.25, -0.2) is 0 Å². The van der Waals surface area contributed by atoms with Crippen molar-refractivity contribution in [1.82, 2.24) is 0 Å². The van der Waals surface area contributed by atoms with Crippen LogP contribution in [0.2, 0.25) is 0 Å². The minimum atomic E-state index is 1.04. The van der Waals surface area contributed by atoms with E-state index in [9.17, 15) is 0 Å². The molecule has 0 bridgehead atoms. The zero-order valence-corrected chi connectivity index (χ0v) is 26.4. The van der Waals surface area contributed by atoms with Crippen LogP contribution in [0.1, 0.15) is 111 Å². The summed E-state index contributed by atoms with van der Waals surface area (Å²) in [5, 5.41) is 0. The molecule has 0 N–H and O–H groups in total. The van der Waals surface area contributed by atoms with Crippen molar-refractivity contribution < 1.29 is 0 Å². The van der Waals surface area contributed by atoms with Crippen molar-refractivity contribution in [1.29, 1.82) is 0 Å². The lowest BCUT2D eigenvalue weighted by Gasteiger charge is -2.10. The van der Waals surface area contributed by atoms with Gasteiger partial charge in [0.25, 0.3) is 0 Å². The highest BCUT2D eigenvalue weighted by Gasteiger charge is 2.04. The van der Waals surface area contributed by atoms with Crippen LogP contribution in [0.5, 0.6) is 0 Å². The smallest absolute Gasteiger partial charge is 0.0187 e. The Balaban J connectivity index is -0.000000591. The maximum absolute atomic E-state index is 4.19. The van der Waals surface area contributed by atoms with Crippen LogP contribution in [-0.2, 0) is 0 Å². The van der Waals surface area contributed by atoms with E-state index in [0.29, 0.717) is 0 Å².